The molecule has 0 heterocycles. The molecule has 0 bridgehead atoms. The van der Waals surface area contributed by atoms with E-state index < -0.39 is 5.97 Å². The van der Waals surface area contributed by atoms with Gasteiger partial charge in [0.15, 0.2) is 0 Å². The number of hydrogen-bond acceptors (Lipinski definition) is 1. The van der Waals surface area contributed by atoms with Gasteiger partial charge in [-0.1, -0.05) is 30.3 Å². The molecule has 2 nitrogen and oxygen atoms in total. The van der Waals surface area contributed by atoms with Gasteiger partial charge in [0.1, 0.15) is 0 Å². The van der Waals surface area contributed by atoms with Crippen LogP contribution in [-0.2, 0) is 11.2 Å². The van der Waals surface area contributed by atoms with Crippen LogP contribution >= 0.6 is 0 Å². The third-order valence-corrected chi connectivity index (χ3v) is 2.78. The summed E-state index contributed by atoms with van der Waals surface area (Å²) in [5.74, 6) is -0.723. The van der Waals surface area contributed by atoms with Crippen LogP contribution in [0.4, 0.5) is 0 Å². The quantitative estimate of drug-likeness (QED) is 0.818. The summed E-state index contributed by atoms with van der Waals surface area (Å²) < 4.78 is 0. The number of carbonyl (C=O) groups is 1. The minimum atomic E-state index is -0.723. The van der Waals surface area contributed by atoms with E-state index in [9.17, 15) is 4.79 Å². The molecule has 2 rings (SSSR count). The third kappa shape index (κ3) is 2.27. The van der Waals surface area contributed by atoms with E-state index in [2.05, 4.69) is 18.2 Å². The van der Waals surface area contributed by atoms with Crippen LogP contribution in [0.3, 0.4) is 0 Å². The summed E-state index contributed by atoms with van der Waals surface area (Å²) in [7, 11) is 0. The number of aryl methyl sites for hydroxylation is 1. The molecule has 1 aliphatic rings. The average molecular weight is 202 g/mol. The summed E-state index contributed by atoms with van der Waals surface area (Å²) in [5.41, 5.74) is 3.78. The highest BCUT2D eigenvalue weighted by Gasteiger charge is 2.12. The van der Waals surface area contributed by atoms with Crippen LogP contribution in [0, 0.1) is 0 Å². The Kier molecular flexibility index (Phi) is 2.86. The first-order chi connectivity index (χ1) is 7.27. The van der Waals surface area contributed by atoms with Crippen molar-refractivity contribution >= 4 is 11.5 Å². The fourth-order valence-electron chi connectivity index (χ4n) is 2.04. The summed E-state index contributed by atoms with van der Waals surface area (Å²) in [6, 6.07) is 8.27. The van der Waals surface area contributed by atoms with Crippen molar-refractivity contribution in [3.8, 4) is 0 Å². The van der Waals surface area contributed by atoms with Crippen LogP contribution < -0.4 is 0 Å². The topological polar surface area (TPSA) is 37.3 Å². The number of hydrogen-bond donors (Lipinski definition) is 1. The average Bonchev–Trinajstić information content (AvgIpc) is 2.26. The third-order valence-electron chi connectivity index (χ3n) is 2.78. The molecule has 1 aliphatic carbocycles. The Bertz CT molecular complexity index is 405. The van der Waals surface area contributed by atoms with Crippen molar-refractivity contribution in [2.24, 2.45) is 0 Å². The Morgan fingerprint density at radius 3 is 2.93 bits per heavy atom. The maximum atomic E-state index is 10.5. The Morgan fingerprint density at radius 1 is 1.33 bits per heavy atom. The SMILES string of the molecule is O=C(O)CCC1=CCCc2ccccc21. The molecule has 0 radical (unpaired) electrons. The smallest absolute Gasteiger partial charge is 0.303 e. The second-order valence-corrected chi connectivity index (χ2v) is 3.82. The number of allylic oxidation sites excluding steroid dienone is 2. The van der Waals surface area contributed by atoms with Crippen LogP contribution in [0.1, 0.15) is 30.4 Å². The molecule has 0 fully saturated rings. The molecule has 0 unspecified atom stereocenters. The highest BCUT2D eigenvalue weighted by atomic mass is 16.4. The van der Waals surface area contributed by atoms with Crippen molar-refractivity contribution in [3.63, 3.8) is 0 Å². The Labute approximate surface area is 89.2 Å². The molecule has 0 spiro atoms. The van der Waals surface area contributed by atoms with E-state index in [0.29, 0.717) is 6.42 Å². The largest absolute Gasteiger partial charge is 0.481 e. The fraction of sp³-hybridized carbons (Fsp3) is 0.308. The molecule has 0 saturated carbocycles. The molecule has 0 aliphatic heterocycles. The lowest BCUT2D eigenvalue weighted by molar-refractivity contribution is -0.136. The van der Waals surface area contributed by atoms with Crippen LogP contribution in [0.15, 0.2) is 30.3 Å². The van der Waals surface area contributed by atoms with Crippen LogP contribution in [0.5, 0.6) is 0 Å². The van der Waals surface area contributed by atoms with Gasteiger partial charge in [-0.2, -0.15) is 0 Å². The van der Waals surface area contributed by atoms with Gasteiger partial charge >= 0.3 is 5.97 Å². The second kappa shape index (κ2) is 4.30. The van der Waals surface area contributed by atoms with Crippen molar-refractivity contribution in [2.75, 3.05) is 0 Å². The van der Waals surface area contributed by atoms with E-state index >= 15 is 0 Å². The van der Waals surface area contributed by atoms with Crippen LogP contribution in [0.2, 0.25) is 0 Å². The number of carboxylic acids is 1. The first-order valence-electron chi connectivity index (χ1n) is 5.26. The number of fused-ring (bicyclic) bond motifs is 1. The van der Waals surface area contributed by atoms with Gasteiger partial charge in [0.05, 0.1) is 0 Å². The lowest BCUT2D eigenvalue weighted by Crippen LogP contribution is -2.02. The molecule has 0 aromatic heterocycles. The van der Waals surface area contributed by atoms with E-state index in [0.717, 1.165) is 12.8 Å². The number of carboxylic acid groups (broad SMARTS) is 1. The molecule has 78 valence electrons. The Hall–Kier alpha value is -1.57. The summed E-state index contributed by atoms with van der Waals surface area (Å²) in [5, 5.41) is 8.66. The molecule has 1 aromatic rings. The molecular weight excluding hydrogens is 188 g/mol. The van der Waals surface area contributed by atoms with Gasteiger partial charge in [0.2, 0.25) is 0 Å². The summed E-state index contributed by atoms with van der Waals surface area (Å²) in [4.78, 5) is 10.5. The molecule has 1 N–H and O–H groups in total. The second-order valence-electron chi connectivity index (χ2n) is 3.82. The molecule has 0 saturated heterocycles. The predicted molar refractivity (Wildman–Crippen MR) is 59.6 cm³/mol. The first-order valence-corrected chi connectivity index (χ1v) is 5.26. The lowest BCUT2D eigenvalue weighted by atomic mass is 9.89. The minimum absolute atomic E-state index is 0.222. The maximum Gasteiger partial charge on any atom is 0.303 e. The van der Waals surface area contributed by atoms with E-state index in [4.69, 9.17) is 5.11 Å². The fourth-order valence-corrected chi connectivity index (χ4v) is 2.04. The minimum Gasteiger partial charge on any atom is -0.481 e. The van der Waals surface area contributed by atoms with Crippen molar-refractivity contribution in [2.45, 2.75) is 25.7 Å². The molecule has 0 atom stereocenters. The van der Waals surface area contributed by atoms with Gasteiger partial charge in [-0.3, -0.25) is 4.79 Å². The Morgan fingerprint density at radius 2 is 2.13 bits per heavy atom. The van der Waals surface area contributed by atoms with E-state index in [-0.39, 0.29) is 6.42 Å². The van der Waals surface area contributed by atoms with Crippen molar-refractivity contribution in [1.82, 2.24) is 0 Å². The number of benzene rings is 1. The van der Waals surface area contributed by atoms with Crippen molar-refractivity contribution in [1.29, 1.82) is 0 Å². The van der Waals surface area contributed by atoms with E-state index in [1.54, 1.807) is 0 Å². The molecule has 0 amide bonds. The van der Waals surface area contributed by atoms with Crippen molar-refractivity contribution < 1.29 is 9.90 Å². The van der Waals surface area contributed by atoms with Gasteiger partial charge in [0.25, 0.3) is 0 Å². The van der Waals surface area contributed by atoms with Gasteiger partial charge in [-0.05, 0) is 36.0 Å². The van der Waals surface area contributed by atoms with Gasteiger partial charge in [-0.25, -0.2) is 0 Å². The van der Waals surface area contributed by atoms with Crippen LogP contribution in [-0.4, -0.2) is 11.1 Å². The zero-order valence-electron chi connectivity index (χ0n) is 8.57. The Balaban J connectivity index is 2.19. The monoisotopic (exact) mass is 202 g/mol. The highest BCUT2D eigenvalue weighted by molar-refractivity contribution is 5.75. The first kappa shape index (κ1) is 9.97. The molecule has 2 heteroatoms. The molecule has 1 aromatic carbocycles. The molecular formula is C13H14O2. The summed E-state index contributed by atoms with van der Waals surface area (Å²) >= 11 is 0. The van der Waals surface area contributed by atoms with Gasteiger partial charge in [-0.15, -0.1) is 0 Å². The highest BCUT2D eigenvalue weighted by Crippen LogP contribution is 2.29. The zero-order valence-corrected chi connectivity index (χ0v) is 8.57. The maximum absolute atomic E-state index is 10.5. The lowest BCUT2D eigenvalue weighted by Gasteiger charge is -2.16. The van der Waals surface area contributed by atoms with E-state index in [1.165, 1.54) is 16.7 Å². The predicted octanol–water partition coefficient (Wildman–Crippen LogP) is 2.88. The van der Waals surface area contributed by atoms with Crippen LogP contribution in [0.25, 0.3) is 5.57 Å². The summed E-state index contributed by atoms with van der Waals surface area (Å²) in [6.45, 7) is 0. The van der Waals surface area contributed by atoms with Crippen molar-refractivity contribution in [3.05, 3.63) is 41.5 Å². The van der Waals surface area contributed by atoms with E-state index in [1.807, 2.05) is 12.1 Å². The standard InChI is InChI=1S/C13H14O2/c14-13(15)9-8-11-6-3-5-10-4-1-2-7-12(10)11/h1-2,4,6-7H,3,5,8-9H2,(H,14,15). The number of aliphatic carboxylic acids is 1. The molecule has 15 heavy (non-hydrogen) atoms. The van der Waals surface area contributed by atoms with Gasteiger partial charge < -0.3 is 5.11 Å². The van der Waals surface area contributed by atoms with Gasteiger partial charge in [0, 0.05) is 6.42 Å². The normalized spacial score (nSPS) is 14.3. The summed E-state index contributed by atoms with van der Waals surface area (Å²) in [6.07, 6.45) is 5.15. The zero-order chi connectivity index (χ0) is 10.7. The number of rotatable bonds is 3.